The Morgan fingerprint density at radius 3 is 2.39 bits per heavy atom. The van der Waals surface area contributed by atoms with Crippen molar-refractivity contribution in [1.29, 1.82) is 0 Å². The lowest BCUT2D eigenvalue weighted by atomic mass is 10.2. The number of carbonyl (C=O) groups excluding carboxylic acids is 1. The van der Waals surface area contributed by atoms with Crippen LogP contribution in [-0.4, -0.2) is 59.3 Å². The molecule has 0 aromatic carbocycles. The highest BCUT2D eigenvalue weighted by Crippen LogP contribution is 2.02. The normalized spacial score (nSPS) is 12.3. The summed E-state index contributed by atoms with van der Waals surface area (Å²) in [7, 11) is 0. The van der Waals surface area contributed by atoms with E-state index in [2.05, 4.69) is 5.32 Å². The first-order valence-corrected chi connectivity index (χ1v) is 5.59. The Labute approximate surface area is 104 Å². The third kappa shape index (κ3) is 6.33. The molecule has 0 aliphatic heterocycles. The first-order chi connectivity index (χ1) is 8.42. The molecule has 0 spiro atoms. The number of amides is 2. The van der Waals surface area contributed by atoms with E-state index in [1.165, 1.54) is 0 Å². The van der Waals surface area contributed by atoms with Crippen molar-refractivity contribution in [2.24, 2.45) is 0 Å². The van der Waals surface area contributed by atoms with E-state index in [-0.39, 0.29) is 13.0 Å². The fraction of sp³-hybridized carbons (Fsp3) is 0.800. The molecule has 1 atom stereocenters. The van der Waals surface area contributed by atoms with Crippen LogP contribution in [0.3, 0.4) is 0 Å². The lowest BCUT2D eigenvalue weighted by molar-refractivity contribution is -0.139. The number of hydrogen-bond acceptors (Lipinski definition) is 3. The number of carbonyl (C=O) groups is 2. The maximum atomic E-state index is 12.2. The van der Waals surface area contributed by atoms with Crippen LogP contribution in [-0.2, 0) is 4.79 Å². The van der Waals surface area contributed by atoms with Gasteiger partial charge in [-0.2, -0.15) is 0 Å². The fourth-order valence-electron chi connectivity index (χ4n) is 1.35. The predicted molar refractivity (Wildman–Crippen MR) is 59.5 cm³/mol. The molecule has 0 heterocycles. The van der Waals surface area contributed by atoms with E-state index >= 15 is 0 Å². The van der Waals surface area contributed by atoms with Gasteiger partial charge in [-0.1, -0.05) is 13.3 Å². The van der Waals surface area contributed by atoms with Gasteiger partial charge in [-0.05, 0) is 6.42 Å². The van der Waals surface area contributed by atoms with Crippen LogP contribution >= 0.6 is 0 Å². The molecule has 6 nitrogen and oxygen atoms in total. The van der Waals surface area contributed by atoms with E-state index in [9.17, 15) is 18.4 Å². The number of aliphatic carboxylic acids is 1. The van der Waals surface area contributed by atoms with Gasteiger partial charge in [0.2, 0.25) is 0 Å². The molecule has 0 saturated carbocycles. The first-order valence-electron chi connectivity index (χ1n) is 5.59. The highest BCUT2D eigenvalue weighted by atomic mass is 19.3. The number of halogens is 2. The molecule has 2 amide bonds. The Kier molecular flexibility index (Phi) is 7.93. The summed E-state index contributed by atoms with van der Waals surface area (Å²) in [5, 5.41) is 19.6. The van der Waals surface area contributed by atoms with Crippen molar-refractivity contribution in [1.82, 2.24) is 10.2 Å². The van der Waals surface area contributed by atoms with Crippen LogP contribution in [0.2, 0.25) is 0 Å². The van der Waals surface area contributed by atoms with Gasteiger partial charge < -0.3 is 20.4 Å². The summed E-state index contributed by atoms with van der Waals surface area (Å²) in [6.45, 7) is 0.165. The van der Waals surface area contributed by atoms with Gasteiger partial charge in [-0.25, -0.2) is 18.4 Å². The molecule has 0 rings (SSSR count). The Morgan fingerprint density at radius 1 is 1.39 bits per heavy atom. The molecule has 0 unspecified atom stereocenters. The number of aliphatic hydroxyl groups excluding tert-OH is 1. The molecule has 0 fully saturated rings. The minimum atomic E-state index is -2.74. The first kappa shape index (κ1) is 16.6. The lowest BCUT2D eigenvalue weighted by Gasteiger charge is -2.24. The minimum absolute atomic E-state index is 0.211. The van der Waals surface area contributed by atoms with Crippen molar-refractivity contribution < 1.29 is 28.6 Å². The summed E-state index contributed by atoms with van der Waals surface area (Å²) in [6, 6.07) is -2.02. The van der Waals surface area contributed by atoms with Gasteiger partial charge in [0, 0.05) is 6.54 Å². The predicted octanol–water partition coefficient (Wildman–Crippen LogP) is 0.509. The molecular formula is C10H18F2N2O4. The van der Waals surface area contributed by atoms with Crippen molar-refractivity contribution in [2.75, 3.05) is 19.7 Å². The summed E-state index contributed by atoms with van der Waals surface area (Å²) in [5.41, 5.74) is 0. The Balaban J connectivity index is 4.50. The maximum absolute atomic E-state index is 12.2. The van der Waals surface area contributed by atoms with Gasteiger partial charge in [-0.15, -0.1) is 0 Å². The van der Waals surface area contributed by atoms with Gasteiger partial charge in [0.15, 0.2) is 0 Å². The number of nitrogens with zero attached hydrogens (tertiary/aromatic N) is 1. The number of hydrogen-bond donors (Lipinski definition) is 3. The molecule has 0 aliphatic carbocycles. The van der Waals surface area contributed by atoms with Crippen molar-refractivity contribution >= 4 is 12.0 Å². The topological polar surface area (TPSA) is 89.9 Å². The minimum Gasteiger partial charge on any atom is -0.480 e. The highest BCUT2D eigenvalue weighted by molar-refractivity contribution is 5.82. The smallest absolute Gasteiger partial charge is 0.326 e. The van der Waals surface area contributed by atoms with Crippen molar-refractivity contribution in [3.8, 4) is 0 Å². The summed E-state index contributed by atoms with van der Waals surface area (Å²) in [5.74, 6) is -1.22. The van der Waals surface area contributed by atoms with E-state index in [0.29, 0.717) is 11.3 Å². The molecule has 18 heavy (non-hydrogen) atoms. The zero-order chi connectivity index (χ0) is 14.1. The van der Waals surface area contributed by atoms with Crippen LogP contribution in [0, 0.1) is 0 Å². The number of aliphatic hydroxyl groups is 1. The summed E-state index contributed by atoms with van der Waals surface area (Å²) in [4.78, 5) is 23.1. The standard InChI is InChI=1S/C10H18F2N2O4/c1-2-3-7(9(16)17)13-10(18)14(4-5-15)6-8(11)12/h7-8,15H,2-6H2,1H3,(H,13,18)(H,16,17)/t7-/m0/s1. The molecule has 0 aliphatic rings. The van der Waals surface area contributed by atoms with Gasteiger partial charge in [0.25, 0.3) is 6.43 Å². The largest absolute Gasteiger partial charge is 0.480 e. The Hall–Kier alpha value is -1.44. The van der Waals surface area contributed by atoms with Gasteiger partial charge in [0.1, 0.15) is 6.04 Å². The van der Waals surface area contributed by atoms with E-state index in [1.54, 1.807) is 6.92 Å². The van der Waals surface area contributed by atoms with Crippen molar-refractivity contribution in [2.45, 2.75) is 32.2 Å². The van der Waals surface area contributed by atoms with Gasteiger partial charge >= 0.3 is 12.0 Å². The lowest BCUT2D eigenvalue weighted by Crippen LogP contribution is -2.49. The van der Waals surface area contributed by atoms with Crippen LogP contribution in [0.1, 0.15) is 19.8 Å². The molecule has 3 N–H and O–H groups in total. The molecule has 0 radical (unpaired) electrons. The number of carboxylic acids is 1. The number of urea groups is 1. The second-order valence-electron chi connectivity index (χ2n) is 3.69. The van der Waals surface area contributed by atoms with Crippen LogP contribution in [0.15, 0.2) is 0 Å². The van der Waals surface area contributed by atoms with E-state index < -0.39 is 37.6 Å². The quantitative estimate of drug-likeness (QED) is 0.598. The fourth-order valence-corrected chi connectivity index (χ4v) is 1.35. The van der Waals surface area contributed by atoms with Crippen LogP contribution in [0.25, 0.3) is 0 Å². The highest BCUT2D eigenvalue weighted by Gasteiger charge is 2.23. The number of carboxylic acid groups (broad SMARTS) is 1. The third-order valence-electron chi connectivity index (χ3n) is 2.19. The van der Waals surface area contributed by atoms with Crippen molar-refractivity contribution in [3.05, 3.63) is 0 Å². The zero-order valence-electron chi connectivity index (χ0n) is 10.1. The van der Waals surface area contributed by atoms with Gasteiger partial charge in [-0.3, -0.25) is 0 Å². The summed E-state index contributed by atoms with van der Waals surface area (Å²) in [6.07, 6.45) is -1.99. The average molecular weight is 268 g/mol. The molecule has 0 saturated heterocycles. The van der Waals surface area contributed by atoms with Gasteiger partial charge in [0.05, 0.1) is 13.2 Å². The summed E-state index contributed by atoms with van der Waals surface area (Å²) < 4.78 is 24.4. The van der Waals surface area contributed by atoms with Crippen LogP contribution in [0.4, 0.5) is 13.6 Å². The third-order valence-corrected chi connectivity index (χ3v) is 2.19. The summed E-state index contributed by atoms with van der Waals surface area (Å²) >= 11 is 0. The molecule has 106 valence electrons. The Morgan fingerprint density at radius 2 is 2.00 bits per heavy atom. The second-order valence-corrected chi connectivity index (χ2v) is 3.69. The van der Waals surface area contributed by atoms with Crippen LogP contribution in [0.5, 0.6) is 0 Å². The number of nitrogens with one attached hydrogen (secondary N) is 1. The van der Waals surface area contributed by atoms with E-state index in [1.807, 2.05) is 0 Å². The molecular weight excluding hydrogens is 250 g/mol. The Bertz CT molecular complexity index is 277. The monoisotopic (exact) mass is 268 g/mol. The maximum Gasteiger partial charge on any atom is 0.326 e. The molecule has 0 aromatic rings. The SMILES string of the molecule is CCC[C@H](NC(=O)N(CCO)CC(F)F)C(=O)O. The number of alkyl halides is 2. The van der Waals surface area contributed by atoms with E-state index in [4.69, 9.17) is 10.2 Å². The average Bonchev–Trinajstić information content (AvgIpc) is 2.27. The van der Waals surface area contributed by atoms with Crippen molar-refractivity contribution in [3.63, 3.8) is 0 Å². The number of rotatable bonds is 8. The second kappa shape index (κ2) is 8.62. The molecule has 0 aromatic heterocycles. The van der Waals surface area contributed by atoms with Crippen LogP contribution < -0.4 is 5.32 Å². The molecule has 8 heteroatoms. The zero-order valence-corrected chi connectivity index (χ0v) is 10.1. The van der Waals surface area contributed by atoms with E-state index in [0.717, 1.165) is 0 Å². The molecule has 0 bridgehead atoms.